The first-order valence-corrected chi connectivity index (χ1v) is 6.39. The van der Waals surface area contributed by atoms with Crippen LogP contribution >= 0.6 is 0 Å². The lowest BCUT2D eigenvalue weighted by Crippen LogP contribution is -2.47. The molecular weight excluding hydrogens is 281 g/mol. The van der Waals surface area contributed by atoms with Crippen LogP contribution in [0, 0.1) is 0 Å². The van der Waals surface area contributed by atoms with Crippen LogP contribution in [-0.4, -0.2) is 5.91 Å². The van der Waals surface area contributed by atoms with Crippen LogP contribution in [0.3, 0.4) is 0 Å². The summed E-state index contributed by atoms with van der Waals surface area (Å²) in [7, 11) is 0. The van der Waals surface area contributed by atoms with Crippen molar-refractivity contribution in [3.8, 4) is 0 Å². The lowest BCUT2D eigenvalue weighted by molar-refractivity contribution is -0.641. The van der Waals surface area contributed by atoms with E-state index in [4.69, 9.17) is 0 Å². The smallest absolute Gasteiger partial charge is 0.264 e. The summed E-state index contributed by atoms with van der Waals surface area (Å²) in [5.41, 5.74) is 2.70. The van der Waals surface area contributed by atoms with E-state index < -0.39 is 17.6 Å². The molecule has 0 atom stereocenters. The van der Waals surface area contributed by atoms with E-state index in [2.05, 4.69) is 5.43 Å². The summed E-state index contributed by atoms with van der Waals surface area (Å²) in [5.74, 6) is -0.602. The van der Waals surface area contributed by atoms with Crippen molar-refractivity contribution in [3.63, 3.8) is 0 Å². The van der Waals surface area contributed by atoms with E-state index in [-0.39, 0.29) is 5.56 Å². The maximum atomic E-state index is 12.6. The van der Waals surface area contributed by atoms with Crippen LogP contribution in [0.1, 0.15) is 28.4 Å². The van der Waals surface area contributed by atoms with Gasteiger partial charge in [-0.1, -0.05) is 17.7 Å². The quantitative estimate of drug-likeness (QED) is 0.868. The average molecular weight is 295 g/mol. The number of aryl methyl sites for hydroxylation is 1. The Hall–Kier alpha value is -2.37. The van der Waals surface area contributed by atoms with E-state index in [0.717, 1.165) is 24.1 Å². The molecule has 0 aliphatic heterocycles. The van der Waals surface area contributed by atoms with Gasteiger partial charge in [0.15, 0.2) is 12.4 Å². The normalized spacial score (nSPS) is 11.2. The van der Waals surface area contributed by atoms with Gasteiger partial charge in [0.05, 0.1) is 5.56 Å². The second-order valence-electron chi connectivity index (χ2n) is 4.49. The van der Waals surface area contributed by atoms with E-state index in [1.807, 2.05) is 19.1 Å². The number of halogens is 3. The first-order chi connectivity index (χ1) is 9.90. The van der Waals surface area contributed by atoms with Crippen LogP contribution in [0.15, 0.2) is 48.8 Å². The number of aromatic nitrogens is 1. The molecule has 2 aromatic rings. The van der Waals surface area contributed by atoms with Gasteiger partial charge in [-0.25, -0.2) is 0 Å². The fourth-order valence-corrected chi connectivity index (χ4v) is 1.79. The molecule has 0 fully saturated rings. The molecule has 6 heteroatoms. The zero-order valence-corrected chi connectivity index (χ0v) is 11.3. The Morgan fingerprint density at radius 2 is 1.86 bits per heavy atom. The van der Waals surface area contributed by atoms with E-state index in [1.54, 1.807) is 12.4 Å². The molecule has 0 bridgehead atoms. The monoisotopic (exact) mass is 295 g/mol. The number of carbonyl (C=O) groups is 1. The van der Waals surface area contributed by atoms with Gasteiger partial charge in [-0.15, -0.1) is 5.43 Å². The van der Waals surface area contributed by atoms with Crippen molar-refractivity contribution in [3.05, 3.63) is 65.5 Å². The molecule has 0 radical (unpaired) electrons. The molecule has 0 saturated carbocycles. The maximum absolute atomic E-state index is 12.6. The van der Waals surface area contributed by atoms with Crippen LogP contribution in [0.5, 0.6) is 0 Å². The highest BCUT2D eigenvalue weighted by Gasteiger charge is 2.31. The second-order valence-corrected chi connectivity index (χ2v) is 4.49. The fourth-order valence-electron chi connectivity index (χ4n) is 1.79. The second kappa shape index (κ2) is 5.95. The molecule has 1 N–H and O–H groups in total. The van der Waals surface area contributed by atoms with Crippen molar-refractivity contribution in [1.82, 2.24) is 0 Å². The number of rotatable bonds is 3. The Balaban J connectivity index is 2.16. The van der Waals surface area contributed by atoms with Crippen LogP contribution in [0.2, 0.25) is 0 Å². The Morgan fingerprint density at radius 3 is 2.43 bits per heavy atom. The minimum absolute atomic E-state index is 0.0445. The SMILES string of the molecule is CCc1cc[n+](NC(=O)c2cccc(C(F)(F)F)c2)cc1. The molecule has 1 amide bonds. The zero-order valence-electron chi connectivity index (χ0n) is 11.3. The fraction of sp³-hybridized carbons (Fsp3) is 0.200. The Kier molecular flexibility index (Phi) is 4.26. The van der Waals surface area contributed by atoms with Crippen LogP contribution < -0.4 is 10.1 Å². The summed E-state index contributed by atoms with van der Waals surface area (Å²) < 4.78 is 39.2. The van der Waals surface area contributed by atoms with Gasteiger partial charge in [0.2, 0.25) is 0 Å². The molecule has 110 valence electrons. The lowest BCUT2D eigenvalue weighted by Gasteiger charge is -2.07. The van der Waals surface area contributed by atoms with Crippen LogP contribution in [0.25, 0.3) is 0 Å². The topological polar surface area (TPSA) is 33.0 Å². The number of pyridine rings is 1. The van der Waals surface area contributed by atoms with Gasteiger partial charge >= 0.3 is 12.1 Å². The molecule has 1 aromatic carbocycles. The highest BCUT2D eigenvalue weighted by molar-refractivity contribution is 5.98. The molecule has 0 unspecified atom stereocenters. The van der Waals surface area contributed by atoms with Gasteiger partial charge in [0, 0.05) is 17.7 Å². The Labute approximate surface area is 120 Å². The Bertz CT molecular complexity index is 636. The molecule has 1 aromatic heterocycles. The highest BCUT2D eigenvalue weighted by atomic mass is 19.4. The van der Waals surface area contributed by atoms with E-state index in [0.29, 0.717) is 0 Å². The molecule has 0 saturated heterocycles. The van der Waals surface area contributed by atoms with E-state index in [1.165, 1.54) is 16.8 Å². The average Bonchev–Trinajstić information content (AvgIpc) is 2.47. The van der Waals surface area contributed by atoms with E-state index in [9.17, 15) is 18.0 Å². The predicted molar refractivity (Wildman–Crippen MR) is 71.2 cm³/mol. The van der Waals surface area contributed by atoms with Crippen molar-refractivity contribution in [2.45, 2.75) is 19.5 Å². The molecule has 21 heavy (non-hydrogen) atoms. The van der Waals surface area contributed by atoms with Crippen molar-refractivity contribution < 1.29 is 22.6 Å². The number of alkyl halides is 3. The number of carbonyl (C=O) groups excluding carboxylic acids is 1. The predicted octanol–water partition coefficient (Wildman–Crippen LogP) is 2.94. The number of amides is 1. The van der Waals surface area contributed by atoms with Gasteiger partial charge in [0.1, 0.15) is 0 Å². The van der Waals surface area contributed by atoms with E-state index >= 15 is 0 Å². The minimum atomic E-state index is -4.47. The first kappa shape index (κ1) is 15.0. The zero-order chi connectivity index (χ0) is 15.5. The number of hydrogen-bond acceptors (Lipinski definition) is 1. The third-order valence-corrected chi connectivity index (χ3v) is 2.99. The molecule has 0 aliphatic rings. The van der Waals surface area contributed by atoms with Gasteiger partial charge < -0.3 is 0 Å². The highest BCUT2D eigenvalue weighted by Crippen LogP contribution is 2.29. The van der Waals surface area contributed by atoms with Gasteiger partial charge in [-0.2, -0.15) is 13.2 Å². The molecule has 0 spiro atoms. The van der Waals surface area contributed by atoms with Crippen LogP contribution in [-0.2, 0) is 12.6 Å². The molecular formula is C15H14F3N2O+. The number of benzene rings is 1. The lowest BCUT2D eigenvalue weighted by atomic mass is 10.1. The minimum Gasteiger partial charge on any atom is -0.264 e. The van der Waals surface area contributed by atoms with Crippen molar-refractivity contribution in [2.75, 3.05) is 5.43 Å². The van der Waals surface area contributed by atoms with Gasteiger partial charge in [0.25, 0.3) is 0 Å². The molecule has 2 rings (SSSR count). The largest absolute Gasteiger partial charge is 0.416 e. The van der Waals surface area contributed by atoms with Crippen molar-refractivity contribution in [1.29, 1.82) is 0 Å². The summed E-state index contributed by atoms with van der Waals surface area (Å²) in [6, 6.07) is 7.96. The van der Waals surface area contributed by atoms with Crippen molar-refractivity contribution in [2.24, 2.45) is 0 Å². The summed E-state index contributed by atoms with van der Waals surface area (Å²) in [6.45, 7) is 2.00. The number of nitrogens with zero attached hydrogens (tertiary/aromatic N) is 1. The summed E-state index contributed by atoms with van der Waals surface area (Å²) >= 11 is 0. The summed E-state index contributed by atoms with van der Waals surface area (Å²) in [6.07, 6.45) is -0.316. The van der Waals surface area contributed by atoms with Gasteiger partial charge in [-0.05, 0) is 30.2 Å². The third kappa shape index (κ3) is 3.81. The summed E-state index contributed by atoms with van der Waals surface area (Å²) in [4.78, 5) is 11.9. The standard InChI is InChI=1S/C15H13F3N2O/c1-2-11-6-8-20(9-7-11)19-14(21)12-4-3-5-13(10-12)15(16,17)18/h3-10H,2H2,1H3/p+1. The number of nitrogens with one attached hydrogen (secondary N) is 1. The maximum Gasteiger partial charge on any atom is 0.416 e. The number of hydrogen-bond donors (Lipinski definition) is 1. The summed E-state index contributed by atoms with van der Waals surface area (Å²) in [5, 5.41) is 0. The molecule has 1 heterocycles. The first-order valence-electron chi connectivity index (χ1n) is 6.39. The van der Waals surface area contributed by atoms with Crippen molar-refractivity contribution >= 4 is 5.91 Å². The van der Waals surface area contributed by atoms with Gasteiger partial charge in [-0.3, -0.25) is 4.79 Å². The van der Waals surface area contributed by atoms with Crippen LogP contribution in [0.4, 0.5) is 13.2 Å². The Morgan fingerprint density at radius 1 is 1.19 bits per heavy atom. The third-order valence-electron chi connectivity index (χ3n) is 2.99. The molecule has 0 aliphatic carbocycles. The molecule has 3 nitrogen and oxygen atoms in total.